The van der Waals surface area contributed by atoms with Crippen molar-refractivity contribution in [2.75, 3.05) is 26.3 Å². The maximum absolute atomic E-state index is 12.6. The van der Waals surface area contributed by atoms with Gasteiger partial charge in [-0.15, -0.1) is 0 Å². The quantitative estimate of drug-likeness (QED) is 0.110. The molecule has 7 fully saturated rings. The van der Waals surface area contributed by atoms with Gasteiger partial charge in [0.25, 0.3) is 5.69 Å². The van der Waals surface area contributed by atoms with E-state index >= 15 is 0 Å². The van der Waals surface area contributed by atoms with Crippen molar-refractivity contribution >= 4 is 11.7 Å². The summed E-state index contributed by atoms with van der Waals surface area (Å²) in [6.07, 6.45) is 1.70. The van der Waals surface area contributed by atoms with E-state index in [4.69, 9.17) is 33.2 Å². The van der Waals surface area contributed by atoms with Crippen LogP contribution < -0.4 is 0 Å². The van der Waals surface area contributed by atoms with E-state index in [2.05, 4.69) is 11.8 Å². The number of aliphatic hydroxyl groups is 4. The second kappa shape index (κ2) is 18.1. The molecule has 19 atom stereocenters. The summed E-state index contributed by atoms with van der Waals surface area (Å²) in [4.78, 5) is 24.9. The minimum absolute atomic E-state index is 0.0481. The highest BCUT2D eigenvalue weighted by atomic mass is 16.7. The Bertz CT molecular complexity index is 1860. The van der Waals surface area contributed by atoms with E-state index in [-0.39, 0.29) is 72.6 Å². The Morgan fingerprint density at radius 2 is 1.52 bits per heavy atom. The number of ether oxygens (including phenoxy) is 7. The number of carbonyl (C=O) groups is 1. The fraction of sp³-hybridized carbons (Fsp3) is 0.812. The molecule has 0 spiro atoms. The Kier molecular flexibility index (Phi) is 13.2. The lowest BCUT2D eigenvalue weighted by atomic mass is 9.42. The van der Waals surface area contributed by atoms with E-state index in [9.17, 15) is 35.3 Å². The molecule has 356 valence electrons. The number of hydrogen-bond donors (Lipinski definition) is 4. The summed E-state index contributed by atoms with van der Waals surface area (Å²) in [5.74, 6) is 0.186. The van der Waals surface area contributed by atoms with Crippen LogP contribution in [0.15, 0.2) is 35.9 Å². The average Bonchev–Trinajstić information content (AvgIpc) is 3.73. The van der Waals surface area contributed by atoms with Crippen LogP contribution in [0.4, 0.5) is 5.69 Å². The van der Waals surface area contributed by atoms with Gasteiger partial charge in [0.1, 0.15) is 18.8 Å². The number of carbonyl (C=O) groups excluding carboxylic acids is 1. The van der Waals surface area contributed by atoms with Gasteiger partial charge in [-0.05, 0) is 112 Å². The first-order valence-electron chi connectivity index (χ1n) is 23.9. The van der Waals surface area contributed by atoms with Crippen LogP contribution in [0.3, 0.4) is 0 Å². The Balaban J connectivity index is 0.753. The molecule has 16 heteroatoms. The molecule has 0 amide bonds. The topological polar surface area (TPSA) is 209 Å². The Labute approximate surface area is 376 Å². The Morgan fingerprint density at radius 1 is 0.828 bits per heavy atom. The van der Waals surface area contributed by atoms with Crippen LogP contribution in [0.2, 0.25) is 0 Å². The highest BCUT2D eigenvalue weighted by molar-refractivity contribution is 5.85. The molecule has 1 aromatic rings. The lowest BCUT2D eigenvalue weighted by Gasteiger charge is -2.65. The van der Waals surface area contributed by atoms with Crippen molar-refractivity contribution in [3.63, 3.8) is 0 Å². The summed E-state index contributed by atoms with van der Waals surface area (Å²) in [6.45, 7) is 12.5. The number of rotatable bonds is 10. The molecule has 1 unspecified atom stereocenters. The van der Waals surface area contributed by atoms with Crippen molar-refractivity contribution in [2.24, 2.45) is 34.5 Å². The normalized spacial score (nSPS) is 47.5. The van der Waals surface area contributed by atoms with Gasteiger partial charge in [-0.2, -0.15) is 0 Å². The van der Waals surface area contributed by atoms with E-state index in [0.717, 1.165) is 49.7 Å². The molecule has 4 heterocycles. The summed E-state index contributed by atoms with van der Waals surface area (Å²) < 4.78 is 43.4. The number of nitrogens with zero attached hydrogens (tertiary/aromatic N) is 2. The third kappa shape index (κ3) is 8.61. The number of hydrogen-bond acceptors (Lipinski definition) is 15. The van der Waals surface area contributed by atoms with Crippen LogP contribution in [0, 0.1) is 44.6 Å². The lowest BCUT2D eigenvalue weighted by Crippen LogP contribution is -2.67. The number of cyclic esters (lactones) is 1. The molecule has 0 bridgehead atoms. The molecule has 64 heavy (non-hydrogen) atoms. The first-order valence-corrected chi connectivity index (χ1v) is 23.9. The zero-order valence-electron chi connectivity index (χ0n) is 38.0. The van der Waals surface area contributed by atoms with Gasteiger partial charge in [0.2, 0.25) is 0 Å². The maximum atomic E-state index is 12.6. The summed E-state index contributed by atoms with van der Waals surface area (Å²) in [7, 11) is 0. The highest BCUT2D eigenvalue weighted by Gasteiger charge is 2.71. The van der Waals surface area contributed by atoms with Crippen molar-refractivity contribution in [1.29, 1.82) is 0 Å². The maximum Gasteiger partial charge on any atom is 0.331 e. The number of benzene rings is 1. The highest BCUT2D eigenvalue weighted by Crippen LogP contribution is 2.70. The Morgan fingerprint density at radius 3 is 2.17 bits per heavy atom. The van der Waals surface area contributed by atoms with Gasteiger partial charge in [0.05, 0.1) is 66.0 Å². The molecule has 8 aliphatic rings. The summed E-state index contributed by atoms with van der Waals surface area (Å²) in [6, 6.07) is 6.54. The smallest absolute Gasteiger partial charge is 0.331 e. The lowest BCUT2D eigenvalue weighted by molar-refractivity contribution is -0.384. The summed E-state index contributed by atoms with van der Waals surface area (Å²) >= 11 is 0. The SMILES string of the molecule is CC1CN(Cc2ccc([N+](=O)[O-])cc2)C[C@H](O[C@H]2[C@@H](O)C[C@H](O[C@H]3[C@@H](O)C[C@H](O[C@H]4CC[C@@]5(C)[C@H](CC[C@@H]6[C@@H]5C[C@@H](O)[C@]5(C)[C@@H](C7=CC(=O)OC7)CC[C@]65O)C4)O[C@@H]3C)O[C@@H]2C)CO1. The van der Waals surface area contributed by atoms with Crippen molar-refractivity contribution < 1.29 is 63.3 Å². The van der Waals surface area contributed by atoms with Crippen molar-refractivity contribution in [3.8, 4) is 0 Å². The van der Waals surface area contributed by atoms with Crippen molar-refractivity contribution in [2.45, 2.75) is 185 Å². The molecular weight excluding hydrogens is 829 g/mol. The van der Waals surface area contributed by atoms with Gasteiger partial charge in [0, 0.05) is 56.1 Å². The molecule has 4 aliphatic heterocycles. The van der Waals surface area contributed by atoms with Crippen LogP contribution in [-0.4, -0.2) is 142 Å². The minimum atomic E-state index is -1.02. The second-order valence-electron chi connectivity index (χ2n) is 21.1. The molecule has 0 radical (unpaired) electrons. The molecule has 4 N–H and O–H groups in total. The van der Waals surface area contributed by atoms with E-state index in [1.54, 1.807) is 18.2 Å². The monoisotopic (exact) mass is 898 g/mol. The number of nitro groups is 1. The summed E-state index contributed by atoms with van der Waals surface area (Å²) in [5.41, 5.74) is 0.0813. The van der Waals surface area contributed by atoms with Crippen LogP contribution in [-0.2, 0) is 44.5 Å². The number of aliphatic hydroxyl groups excluding tert-OH is 3. The average molecular weight is 899 g/mol. The standard InChI is InChI=1S/C48H70N2O14/c1-26-21-49(22-29-6-9-32(10-7-29)50(56)57)23-34(25-58-26)63-44-27(2)61-43(20-38(44)51)64-45-28(3)60-42(19-39(45)52)62-33-12-14-46(4)31(17-33)8-11-36-37(46)18-40(53)47(5)35(13-15-48(36,47)55)30-16-41(54)59-24-30/h6-7,9-10,16,26-28,31,33-40,42-45,51-53,55H,8,11-15,17-25H2,1-5H3/t26?,27-,28-,31-,33+,34+,35-,36-,37+,38+,39+,40-,42+,43+,44-,45-,46+,47+,48+/m1/s1. The minimum Gasteiger partial charge on any atom is -0.458 e. The van der Waals surface area contributed by atoms with Crippen molar-refractivity contribution in [1.82, 2.24) is 4.90 Å². The molecule has 4 saturated carbocycles. The zero-order valence-corrected chi connectivity index (χ0v) is 38.0. The predicted molar refractivity (Wildman–Crippen MR) is 229 cm³/mol. The Hall–Kier alpha value is -2.61. The van der Waals surface area contributed by atoms with E-state index in [1.807, 2.05) is 27.7 Å². The molecule has 4 aliphatic carbocycles. The molecule has 16 nitrogen and oxygen atoms in total. The summed E-state index contributed by atoms with van der Waals surface area (Å²) in [5, 5.41) is 58.5. The largest absolute Gasteiger partial charge is 0.458 e. The van der Waals surface area contributed by atoms with Gasteiger partial charge >= 0.3 is 5.97 Å². The first kappa shape index (κ1) is 46.5. The fourth-order valence-electron chi connectivity index (χ4n) is 14.0. The van der Waals surface area contributed by atoms with Crippen LogP contribution >= 0.6 is 0 Å². The molecule has 9 rings (SSSR count). The van der Waals surface area contributed by atoms with Gasteiger partial charge in [0.15, 0.2) is 12.6 Å². The van der Waals surface area contributed by atoms with Crippen LogP contribution in [0.25, 0.3) is 0 Å². The van der Waals surface area contributed by atoms with Gasteiger partial charge in [-0.1, -0.05) is 26.0 Å². The molecule has 1 aromatic carbocycles. The number of non-ortho nitro benzene ring substituents is 1. The van der Waals surface area contributed by atoms with Gasteiger partial charge < -0.3 is 53.6 Å². The fourth-order valence-corrected chi connectivity index (χ4v) is 14.0. The molecule has 3 saturated heterocycles. The van der Waals surface area contributed by atoms with Gasteiger partial charge in [-0.3, -0.25) is 15.0 Å². The van der Waals surface area contributed by atoms with E-state index < -0.39 is 71.2 Å². The van der Waals surface area contributed by atoms with E-state index in [0.29, 0.717) is 45.0 Å². The van der Waals surface area contributed by atoms with Crippen LogP contribution in [0.1, 0.15) is 104 Å². The second-order valence-corrected chi connectivity index (χ2v) is 21.1. The van der Waals surface area contributed by atoms with E-state index in [1.165, 1.54) is 12.1 Å². The zero-order chi connectivity index (χ0) is 45.3. The molecule has 0 aromatic heterocycles. The first-order chi connectivity index (χ1) is 30.4. The number of esters is 1. The number of nitro benzene ring substituents is 1. The third-order valence-corrected chi connectivity index (χ3v) is 17.4. The number of fused-ring (bicyclic) bond motifs is 5. The molecular formula is C48H70N2O14. The predicted octanol–water partition coefficient (Wildman–Crippen LogP) is 4.56. The third-order valence-electron chi connectivity index (χ3n) is 17.4. The van der Waals surface area contributed by atoms with Gasteiger partial charge in [-0.25, -0.2) is 4.79 Å². The van der Waals surface area contributed by atoms with Crippen molar-refractivity contribution in [3.05, 3.63) is 51.6 Å². The van der Waals surface area contributed by atoms with Crippen LogP contribution in [0.5, 0.6) is 0 Å².